The van der Waals surface area contributed by atoms with Gasteiger partial charge in [0.05, 0.1) is 122 Å². The van der Waals surface area contributed by atoms with E-state index < -0.39 is 108 Å². The summed E-state index contributed by atoms with van der Waals surface area (Å²) < 4.78 is 65.9. The predicted molar refractivity (Wildman–Crippen MR) is 470 cm³/mol. The molecule has 17 atom stereocenters. The molecule has 698 valence electrons. The van der Waals surface area contributed by atoms with Crippen molar-refractivity contribution in [2.75, 3.05) is 144 Å². The number of methoxy groups -OCH3 is 1. The first kappa shape index (κ1) is 97.5. The fraction of sp³-hybridized carbons (Fsp3) is 0.652. The molecule has 4 saturated heterocycles. The summed E-state index contributed by atoms with van der Waals surface area (Å²) in [5, 5.41) is 65.9. The number of carbonyl (C=O) groups excluding carboxylic acids is 6. The summed E-state index contributed by atoms with van der Waals surface area (Å²) in [7, 11) is 1.55. The third-order valence-corrected chi connectivity index (χ3v) is 25.8. The van der Waals surface area contributed by atoms with Gasteiger partial charge in [0, 0.05) is 114 Å². The Hall–Kier alpha value is -8.60. The number of aliphatic hydroxyl groups is 5. The average Bonchev–Trinajstić information content (AvgIpc) is 1.59. The molecule has 3 amide bonds. The summed E-state index contributed by atoms with van der Waals surface area (Å²) in [6, 6.07) is 10.7. The molecule has 1 saturated carbocycles. The smallest absolute Gasteiger partial charge is 0.407 e. The van der Waals surface area contributed by atoms with Gasteiger partial charge >= 0.3 is 12.1 Å². The number of alkyl carbamates (subject to hydrolysis) is 1. The average molecular weight is 1770 g/mol. The number of rotatable bonds is 32. The summed E-state index contributed by atoms with van der Waals surface area (Å²) >= 11 is 0. The Morgan fingerprint density at radius 2 is 1.43 bits per heavy atom. The molecule has 2 aromatic carbocycles. The Bertz CT molecular complexity index is 4600. The Balaban J connectivity index is 0.485. The minimum Gasteiger partial charge on any atom is -0.459 e. The first-order chi connectivity index (χ1) is 61.2. The number of fused-ring (bicyclic) bond motifs is 8. The molecular weight excluding hydrogens is 1640 g/mol. The number of cyclic esters (lactones) is 1. The number of piperidine rings is 1. The van der Waals surface area contributed by atoms with Crippen LogP contribution in [0.1, 0.15) is 148 Å². The summed E-state index contributed by atoms with van der Waals surface area (Å²) in [4.78, 5) is 104. The zero-order valence-corrected chi connectivity index (χ0v) is 74.3. The number of Topliss-reactive ketones (excluding diaryl/α,β-unsaturated/α-hetero) is 2. The van der Waals surface area contributed by atoms with Gasteiger partial charge in [-0.3, -0.25) is 29.0 Å². The number of ketones is 2. The number of oxazole rings is 1. The van der Waals surface area contributed by atoms with Crippen molar-refractivity contribution in [3.63, 3.8) is 0 Å². The molecule has 7 aliphatic rings. The molecule has 0 radical (unpaired) electrons. The topological polar surface area (TPSA) is 469 Å². The molecule has 5 fully saturated rings. The number of anilines is 2. The lowest BCUT2D eigenvalue weighted by atomic mass is 9.80. The number of nitrogens with one attached hydrogen (secondary N) is 1. The van der Waals surface area contributed by atoms with Gasteiger partial charge in [-0.1, -0.05) is 75.4 Å². The number of hydrogen-bond donors (Lipinski definition) is 9. The Morgan fingerprint density at radius 1 is 0.724 bits per heavy atom. The Labute approximate surface area is 742 Å². The lowest BCUT2D eigenvalue weighted by Crippen LogP contribution is -2.58. The van der Waals surface area contributed by atoms with Crippen LogP contribution < -0.4 is 22.5 Å². The number of nitrogen functional groups attached to an aromatic ring is 2. The normalized spacial score (nSPS) is 28.8. The van der Waals surface area contributed by atoms with Crippen molar-refractivity contribution in [1.29, 1.82) is 0 Å². The van der Waals surface area contributed by atoms with Gasteiger partial charge in [0.25, 0.3) is 17.7 Å². The molecule has 0 unspecified atom stereocenters. The Kier molecular flexibility index (Phi) is 36.3. The molecule has 3 aromatic heterocycles. The molecule has 1 aliphatic carbocycles. The van der Waals surface area contributed by atoms with Crippen LogP contribution in [-0.4, -0.2) is 316 Å². The highest BCUT2D eigenvalue weighted by molar-refractivity contribution is 6.39. The maximum atomic E-state index is 14.6. The second-order valence-corrected chi connectivity index (χ2v) is 35.2. The molecular formula is C92H133N13O22. The molecule has 0 spiro atoms. The standard InChI is InChI=1S/C92H133N13O22/c1-57-13-8-7-9-14-58(2)77(117-6)50-69-15-12-25-92(116,127-69)85(112)88(113)104-27-11-10-16-72(104)89(114)124-78(51-73(106)59(3)44-61(5)83(110)84(111)82(109)60(4)43-57)70(93)46-62-18-21-76(74(107)47-62)126-91(115)96-26-32-119-36-37-120-33-29-101-54-68-49-67(101)55-102(68)30-34-121-38-40-123-42-41-122-39-35-118-31-24-79(108)103-28-23-64-45-63(17-19-66(64)53-103)52-105-87-80(86(94)97-56-98-87)81(100-105)65-20-22-75-71(48-65)99-90(95)125-75/h7-9,13-14,17,19-20,22,44-45,48,56-57,59-60,62,67-70,72-74,76-78,83-84,106-107,110-111,116H,10-12,15-16,18,21,23-43,46-47,49-55,93H2,1-6H3,(H2,95,99)(H,96,115)(H2,94,97,98)/b9-7?,13-8+,58-14?,61-44+/t57-,59-,60-,62+,67+,68+,69+,70-,72+,73-,74-,76-,77+,78+,83-,84+,92-/m1/s1. The van der Waals surface area contributed by atoms with Crippen LogP contribution in [0.2, 0.25) is 0 Å². The number of likely N-dealkylation sites (tertiary alicyclic amines) is 2. The van der Waals surface area contributed by atoms with Crippen LogP contribution in [0.15, 0.2) is 94.7 Å². The van der Waals surface area contributed by atoms with Gasteiger partial charge in [-0.2, -0.15) is 10.1 Å². The van der Waals surface area contributed by atoms with Crippen molar-refractivity contribution in [3.8, 4) is 11.3 Å². The van der Waals surface area contributed by atoms with Gasteiger partial charge in [0.15, 0.2) is 17.0 Å². The van der Waals surface area contributed by atoms with Crippen LogP contribution in [0.25, 0.3) is 33.4 Å². The lowest BCUT2D eigenvalue weighted by molar-refractivity contribution is -0.245. The van der Waals surface area contributed by atoms with E-state index in [1.807, 2.05) is 65.9 Å². The van der Waals surface area contributed by atoms with Crippen LogP contribution in [0.4, 0.5) is 16.6 Å². The van der Waals surface area contributed by atoms with Crippen molar-refractivity contribution in [2.24, 2.45) is 29.4 Å². The van der Waals surface area contributed by atoms with E-state index in [4.69, 9.17) is 74.1 Å². The van der Waals surface area contributed by atoms with Crippen LogP contribution >= 0.6 is 0 Å². The third kappa shape index (κ3) is 26.8. The van der Waals surface area contributed by atoms with Crippen LogP contribution in [0, 0.1) is 23.7 Å². The van der Waals surface area contributed by atoms with Crippen LogP contribution in [0.5, 0.6) is 0 Å². The number of aliphatic hydroxyl groups excluding tert-OH is 4. The van der Waals surface area contributed by atoms with E-state index in [-0.39, 0.29) is 94.0 Å². The minimum absolute atomic E-state index is 0.0114. The van der Waals surface area contributed by atoms with Crippen molar-refractivity contribution < 1.29 is 106 Å². The highest BCUT2D eigenvalue weighted by Gasteiger charge is 2.50. The third-order valence-electron chi connectivity index (χ3n) is 25.8. The van der Waals surface area contributed by atoms with E-state index in [0.29, 0.717) is 183 Å². The van der Waals surface area contributed by atoms with Crippen LogP contribution in [0.3, 0.4) is 0 Å². The van der Waals surface area contributed by atoms with Crippen molar-refractivity contribution >= 4 is 69.4 Å². The van der Waals surface area contributed by atoms with Gasteiger partial charge in [0.1, 0.15) is 53.8 Å². The lowest BCUT2D eigenvalue weighted by Gasteiger charge is -2.40. The monoisotopic (exact) mass is 1770 g/mol. The van der Waals surface area contributed by atoms with E-state index in [0.717, 1.165) is 66.2 Å². The second-order valence-electron chi connectivity index (χ2n) is 35.2. The Morgan fingerprint density at radius 3 is 2.14 bits per heavy atom. The number of amides is 3. The highest BCUT2D eigenvalue weighted by atomic mass is 16.6. The summed E-state index contributed by atoms with van der Waals surface area (Å²) in [5.74, 6) is -7.48. The molecule has 9 heterocycles. The zero-order valence-electron chi connectivity index (χ0n) is 74.3. The maximum absolute atomic E-state index is 14.6. The molecule has 35 nitrogen and oxygen atoms in total. The number of nitrogens with two attached hydrogens (primary N) is 3. The van der Waals surface area contributed by atoms with E-state index >= 15 is 0 Å². The molecule has 4 bridgehead atoms. The van der Waals surface area contributed by atoms with Crippen LogP contribution in [-0.2, 0) is 90.9 Å². The molecule has 6 aliphatic heterocycles. The van der Waals surface area contributed by atoms with E-state index in [9.17, 15) is 54.3 Å². The SMILES string of the molecule is CO[C@H]1C[C@@H]2CCC[C@@](O)(O2)C(=O)C(=O)N2CCCC[C@H]2C(=O)O[C@H]([C@H](N)C[C@@H]2CC[C@@H](OC(=O)NCCOCCOCCN3C[C@@H]4C[C@H]3CN4CCOCCOCCOCCOCCC(=O)N3CCc4cc(Cn5nc(-c6ccc7oc(N)nc7c6)c6c(N)ncnc65)ccc4C3)[C@H](O)C2)C[C@@H](O)[C@H](C)/C=C(\C)[C@@H](O)[C@@H](O)C(=O)[C@H](C)C[C@H](C)/C=C/C=CC=C1C. The number of allylic oxidation sites excluding steroid dienone is 5. The summed E-state index contributed by atoms with van der Waals surface area (Å²) in [5.41, 5.74) is 26.8. The number of piperazine rings is 1. The van der Waals surface area contributed by atoms with Gasteiger partial charge in [-0.25, -0.2) is 24.2 Å². The molecule has 35 heteroatoms. The number of aromatic nitrogens is 5. The fourth-order valence-electron chi connectivity index (χ4n) is 18.6. The number of nitrogens with zero attached hydrogens (tertiary/aromatic N) is 9. The molecule has 12 N–H and O–H groups in total. The fourth-order valence-corrected chi connectivity index (χ4v) is 18.6. The minimum atomic E-state index is -2.46. The van der Waals surface area contributed by atoms with Crippen molar-refractivity contribution in [2.45, 2.75) is 229 Å². The summed E-state index contributed by atoms with van der Waals surface area (Å²) in [6.45, 7) is 19.2. The molecule has 12 rings (SSSR count). The summed E-state index contributed by atoms with van der Waals surface area (Å²) in [6.07, 6.45) is 8.29. The van der Waals surface area contributed by atoms with E-state index in [1.54, 1.807) is 40.0 Å². The van der Waals surface area contributed by atoms with Gasteiger partial charge in [-0.05, 0) is 149 Å². The predicted octanol–water partition coefficient (Wildman–Crippen LogP) is 5.84. The van der Waals surface area contributed by atoms with Crippen molar-refractivity contribution in [3.05, 3.63) is 107 Å². The molecule has 5 aromatic rings. The number of hydrogen-bond acceptors (Lipinski definition) is 31. The van der Waals surface area contributed by atoms with Gasteiger partial charge < -0.3 is 110 Å². The highest BCUT2D eigenvalue weighted by Crippen LogP contribution is 2.38. The largest absolute Gasteiger partial charge is 0.459 e. The van der Waals surface area contributed by atoms with Crippen molar-refractivity contribution in [1.82, 2.24) is 49.6 Å². The second kappa shape index (κ2) is 47.3. The first-order valence-corrected chi connectivity index (χ1v) is 45.3. The first-order valence-electron chi connectivity index (χ1n) is 45.3. The van der Waals surface area contributed by atoms with E-state index in [1.165, 1.54) is 11.9 Å². The van der Waals surface area contributed by atoms with E-state index in [2.05, 4.69) is 48.3 Å². The number of benzene rings is 2. The number of carbonyl (C=O) groups is 6. The zero-order chi connectivity index (χ0) is 90.3. The number of esters is 1. The van der Waals surface area contributed by atoms with Gasteiger partial charge in [-0.15, -0.1) is 0 Å². The number of ether oxygens (including phenoxy) is 10. The quantitative estimate of drug-likeness (QED) is 0.0106. The van der Waals surface area contributed by atoms with Gasteiger partial charge in [0.2, 0.25) is 11.7 Å². The molecule has 127 heavy (non-hydrogen) atoms. The maximum Gasteiger partial charge on any atom is 0.407 e.